The normalized spacial score (nSPS) is 12.2. The van der Waals surface area contributed by atoms with Crippen LogP contribution in [0.2, 0.25) is 0 Å². The Labute approximate surface area is 119 Å². The number of aryl methyl sites for hydroxylation is 1. The topological polar surface area (TPSA) is 59.5 Å². The summed E-state index contributed by atoms with van der Waals surface area (Å²) in [6.45, 7) is 2.32. The van der Waals surface area contributed by atoms with Crippen molar-refractivity contribution in [2.24, 2.45) is 5.73 Å². The molecule has 0 aliphatic rings. The minimum Gasteiger partial charge on any atom is -0.464 e. The number of rotatable bonds is 5. The Morgan fingerprint density at radius 1 is 1.25 bits per heavy atom. The number of nitrogens with zero attached hydrogens (tertiary/aromatic N) is 1. The Morgan fingerprint density at radius 3 is 2.55 bits per heavy atom. The fraction of sp³-hybridized carbons (Fsp3) is 0.312. The van der Waals surface area contributed by atoms with Crippen LogP contribution < -0.4 is 5.73 Å². The maximum absolute atomic E-state index is 12.2. The summed E-state index contributed by atoms with van der Waals surface area (Å²) in [7, 11) is 1.74. The third-order valence-corrected chi connectivity index (χ3v) is 3.18. The molecule has 1 aromatic carbocycles. The van der Waals surface area contributed by atoms with Gasteiger partial charge in [0.25, 0.3) is 0 Å². The van der Waals surface area contributed by atoms with E-state index in [1.54, 1.807) is 11.9 Å². The zero-order valence-electron chi connectivity index (χ0n) is 11.9. The Balaban J connectivity index is 1.92. The monoisotopic (exact) mass is 272 g/mol. The van der Waals surface area contributed by atoms with Gasteiger partial charge in [-0.05, 0) is 31.0 Å². The molecule has 0 aliphatic heterocycles. The molecule has 0 bridgehead atoms. The number of furan rings is 1. The molecule has 0 saturated heterocycles. The first-order valence-corrected chi connectivity index (χ1v) is 6.66. The summed E-state index contributed by atoms with van der Waals surface area (Å²) in [5, 5.41) is 0. The highest BCUT2D eigenvalue weighted by Crippen LogP contribution is 2.10. The molecule has 0 aliphatic carbocycles. The van der Waals surface area contributed by atoms with Crippen molar-refractivity contribution >= 4 is 5.91 Å². The Bertz CT molecular complexity index is 563. The van der Waals surface area contributed by atoms with E-state index in [0.29, 0.717) is 13.0 Å². The Hall–Kier alpha value is -2.07. The van der Waals surface area contributed by atoms with Gasteiger partial charge >= 0.3 is 0 Å². The highest BCUT2D eigenvalue weighted by molar-refractivity contribution is 5.81. The second-order valence-electron chi connectivity index (χ2n) is 5.00. The van der Waals surface area contributed by atoms with Gasteiger partial charge in [-0.15, -0.1) is 0 Å². The second-order valence-corrected chi connectivity index (χ2v) is 5.00. The van der Waals surface area contributed by atoms with Gasteiger partial charge in [0.2, 0.25) is 5.91 Å². The van der Waals surface area contributed by atoms with E-state index in [2.05, 4.69) is 0 Å². The molecule has 1 heterocycles. The number of carbonyl (C=O) groups is 1. The number of hydrogen-bond acceptors (Lipinski definition) is 3. The van der Waals surface area contributed by atoms with E-state index in [-0.39, 0.29) is 5.91 Å². The van der Waals surface area contributed by atoms with E-state index in [9.17, 15) is 4.79 Å². The van der Waals surface area contributed by atoms with Crippen LogP contribution in [0, 0.1) is 6.92 Å². The van der Waals surface area contributed by atoms with E-state index >= 15 is 0 Å². The van der Waals surface area contributed by atoms with Crippen molar-refractivity contribution in [3.05, 3.63) is 59.5 Å². The van der Waals surface area contributed by atoms with Crippen LogP contribution in [-0.2, 0) is 17.8 Å². The van der Waals surface area contributed by atoms with Crippen molar-refractivity contribution in [2.75, 3.05) is 7.05 Å². The highest BCUT2D eigenvalue weighted by atomic mass is 16.3. The molecule has 20 heavy (non-hydrogen) atoms. The number of amides is 1. The zero-order chi connectivity index (χ0) is 14.5. The average Bonchev–Trinajstić information content (AvgIpc) is 2.84. The van der Waals surface area contributed by atoms with Crippen molar-refractivity contribution < 1.29 is 9.21 Å². The maximum Gasteiger partial charge on any atom is 0.239 e. The number of nitrogens with two attached hydrogens (primary N) is 1. The minimum atomic E-state index is -0.529. The summed E-state index contributed by atoms with van der Waals surface area (Å²) in [5.41, 5.74) is 7.05. The molecule has 2 rings (SSSR count). The lowest BCUT2D eigenvalue weighted by atomic mass is 10.1. The molecule has 0 radical (unpaired) electrons. The van der Waals surface area contributed by atoms with Gasteiger partial charge in [-0.25, -0.2) is 0 Å². The summed E-state index contributed by atoms with van der Waals surface area (Å²) in [4.78, 5) is 13.8. The summed E-state index contributed by atoms with van der Waals surface area (Å²) in [6, 6.07) is 13.0. The van der Waals surface area contributed by atoms with Gasteiger partial charge in [0.15, 0.2) is 0 Å². The molecule has 4 heteroatoms. The number of likely N-dealkylation sites (N-methyl/N-ethyl adjacent to an activating group) is 1. The third kappa shape index (κ3) is 3.71. The minimum absolute atomic E-state index is 0.0806. The van der Waals surface area contributed by atoms with Crippen molar-refractivity contribution in [3.63, 3.8) is 0 Å². The van der Waals surface area contributed by atoms with Crippen LogP contribution in [0.25, 0.3) is 0 Å². The second kappa shape index (κ2) is 6.39. The fourth-order valence-corrected chi connectivity index (χ4v) is 2.12. The molecule has 4 nitrogen and oxygen atoms in total. The van der Waals surface area contributed by atoms with Crippen LogP contribution in [0.5, 0.6) is 0 Å². The molecule has 0 unspecified atom stereocenters. The third-order valence-electron chi connectivity index (χ3n) is 3.18. The maximum atomic E-state index is 12.2. The molecular weight excluding hydrogens is 252 g/mol. The first-order chi connectivity index (χ1) is 9.56. The number of carbonyl (C=O) groups excluding carboxylic acids is 1. The van der Waals surface area contributed by atoms with E-state index in [1.165, 1.54) is 0 Å². The molecule has 2 aromatic rings. The van der Waals surface area contributed by atoms with Crippen LogP contribution in [0.15, 0.2) is 46.9 Å². The SMILES string of the molecule is Cc1ccc(CN(C)C(=O)[C@@H](N)Cc2ccccc2)o1. The lowest BCUT2D eigenvalue weighted by Gasteiger charge is -2.20. The Morgan fingerprint density at radius 2 is 1.95 bits per heavy atom. The van der Waals surface area contributed by atoms with Gasteiger partial charge in [0.1, 0.15) is 11.5 Å². The Kier molecular flexibility index (Phi) is 4.58. The molecule has 2 N–H and O–H groups in total. The lowest BCUT2D eigenvalue weighted by Crippen LogP contribution is -2.42. The predicted octanol–water partition coefficient (Wildman–Crippen LogP) is 2.12. The molecule has 1 amide bonds. The van der Waals surface area contributed by atoms with Crippen molar-refractivity contribution in [1.29, 1.82) is 0 Å². The smallest absolute Gasteiger partial charge is 0.239 e. The van der Waals surface area contributed by atoms with E-state index in [1.807, 2.05) is 49.4 Å². The summed E-state index contributed by atoms with van der Waals surface area (Å²) >= 11 is 0. The van der Waals surface area contributed by atoms with Gasteiger partial charge in [-0.2, -0.15) is 0 Å². The molecule has 0 saturated carbocycles. The van der Waals surface area contributed by atoms with Crippen LogP contribution in [0.1, 0.15) is 17.1 Å². The van der Waals surface area contributed by atoms with Gasteiger partial charge in [-0.1, -0.05) is 30.3 Å². The van der Waals surface area contributed by atoms with Gasteiger partial charge < -0.3 is 15.1 Å². The molecular formula is C16H20N2O2. The zero-order valence-corrected chi connectivity index (χ0v) is 11.9. The van der Waals surface area contributed by atoms with Crippen molar-refractivity contribution in [2.45, 2.75) is 25.9 Å². The standard InChI is InChI=1S/C16H20N2O2/c1-12-8-9-14(20-12)11-18(2)16(19)15(17)10-13-6-4-3-5-7-13/h3-9,15H,10-11,17H2,1-2H3/t15-/m0/s1. The van der Waals surface area contributed by atoms with E-state index in [4.69, 9.17) is 10.2 Å². The number of hydrogen-bond donors (Lipinski definition) is 1. The molecule has 1 aromatic heterocycles. The molecule has 0 fully saturated rings. The van der Waals surface area contributed by atoms with E-state index < -0.39 is 6.04 Å². The highest BCUT2D eigenvalue weighted by Gasteiger charge is 2.19. The summed E-state index contributed by atoms with van der Waals surface area (Å²) in [5.74, 6) is 1.53. The summed E-state index contributed by atoms with van der Waals surface area (Å²) in [6.07, 6.45) is 0.543. The molecule has 1 atom stereocenters. The molecule has 0 spiro atoms. The van der Waals surface area contributed by atoms with Gasteiger partial charge in [0, 0.05) is 7.05 Å². The fourth-order valence-electron chi connectivity index (χ4n) is 2.12. The largest absolute Gasteiger partial charge is 0.464 e. The average molecular weight is 272 g/mol. The lowest BCUT2D eigenvalue weighted by molar-refractivity contribution is -0.132. The molecule has 106 valence electrons. The number of benzene rings is 1. The summed E-state index contributed by atoms with van der Waals surface area (Å²) < 4.78 is 5.47. The van der Waals surface area contributed by atoms with Crippen LogP contribution in [-0.4, -0.2) is 23.9 Å². The first kappa shape index (κ1) is 14.3. The van der Waals surface area contributed by atoms with Crippen LogP contribution in [0.3, 0.4) is 0 Å². The van der Waals surface area contributed by atoms with Crippen molar-refractivity contribution in [1.82, 2.24) is 4.90 Å². The first-order valence-electron chi connectivity index (χ1n) is 6.66. The van der Waals surface area contributed by atoms with Gasteiger partial charge in [0.05, 0.1) is 12.6 Å². The van der Waals surface area contributed by atoms with E-state index in [0.717, 1.165) is 17.1 Å². The van der Waals surface area contributed by atoms with Crippen LogP contribution in [0.4, 0.5) is 0 Å². The van der Waals surface area contributed by atoms with Crippen LogP contribution >= 0.6 is 0 Å². The predicted molar refractivity (Wildman–Crippen MR) is 78.0 cm³/mol. The van der Waals surface area contributed by atoms with Gasteiger partial charge in [-0.3, -0.25) is 4.79 Å². The quantitative estimate of drug-likeness (QED) is 0.907. The van der Waals surface area contributed by atoms with Crippen molar-refractivity contribution in [3.8, 4) is 0 Å².